The molecule has 0 bridgehead atoms. The van der Waals surface area contributed by atoms with E-state index < -0.39 is 0 Å². The van der Waals surface area contributed by atoms with Crippen molar-refractivity contribution in [1.82, 2.24) is 14.7 Å². The Morgan fingerprint density at radius 1 is 1.11 bits per heavy atom. The normalized spacial score (nSPS) is 24.0. The summed E-state index contributed by atoms with van der Waals surface area (Å²) in [4.78, 5) is 7.73. The van der Waals surface area contributed by atoms with Gasteiger partial charge < -0.3 is 9.80 Å². The van der Waals surface area contributed by atoms with Gasteiger partial charge in [0.05, 0.1) is 0 Å². The van der Waals surface area contributed by atoms with Crippen molar-refractivity contribution in [3.05, 3.63) is 0 Å². The Morgan fingerprint density at radius 3 is 2.16 bits per heavy atom. The first-order valence-corrected chi connectivity index (χ1v) is 7.96. The Morgan fingerprint density at radius 2 is 1.68 bits per heavy atom. The molecule has 2 rings (SSSR count). The van der Waals surface area contributed by atoms with Gasteiger partial charge in [-0.25, -0.2) is 0 Å². The van der Waals surface area contributed by atoms with Crippen LogP contribution in [-0.4, -0.2) is 72.1 Å². The summed E-state index contributed by atoms with van der Waals surface area (Å²) in [6.07, 6.45) is 4.13. The van der Waals surface area contributed by atoms with Gasteiger partial charge in [0.1, 0.15) is 0 Å². The molecular formula is C16H33N3. The molecule has 1 unspecified atom stereocenters. The van der Waals surface area contributed by atoms with Crippen LogP contribution in [0.4, 0.5) is 0 Å². The Hall–Kier alpha value is -0.120. The number of likely N-dealkylation sites (tertiary alicyclic amines) is 1. The van der Waals surface area contributed by atoms with E-state index in [-0.39, 0.29) is 0 Å². The lowest BCUT2D eigenvalue weighted by molar-refractivity contribution is -0.0146. The zero-order valence-electron chi connectivity index (χ0n) is 13.8. The molecule has 3 nitrogen and oxygen atoms in total. The fraction of sp³-hybridized carbons (Fsp3) is 1.00. The van der Waals surface area contributed by atoms with Crippen LogP contribution in [0.15, 0.2) is 0 Å². The van der Waals surface area contributed by atoms with E-state index in [0.29, 0.717) is 5.54 Å². The fourth-order valence-electron chi connectivity index (χ4n) is 2.90. The van der Waals surface area contributed by atoms with Crippen LogP contribution in [0.3, 0.4) is 0 Å². The second kappa shape index (κ2) is 5.71. The number of rotatable bonds is 6. The van der Waals surface area contributed by atoms with Crippen LogP contribution in [0.5, 0.6) is 0 Å². The molecule has 0 aromatic rings. The summed E-state index contributed by atoms with van der Waals surface area (Å²) in [7, 11) is 4.60. The quantitative estimate of drug-likeness (QED) is 0.731. The number of hydrogen-bond acceptors (Lipinski definition) is 3. The largest absolute Gasteiger partial charge is 0.301 e. The lowest BCUT2D eigenvalue weighted by atomic mass is 9.96. The van der Waals surface area contributed by atoms with Gasteiger partial charge in [0.2, 0.25) is 0 Å². The summed E-state index contributed by atoms with van der Waals surface area (Å²) in [6, 6.07) is 2.40. The highest BCUT2D eigenvalue weighted by Gasteiger charge is 2.36. The molecule has 2 fully saturated rings. The number of likely N-dealkylation sites (N-methyl/N-ethyl adjacent to an activating group) is 1. The molecule has 1 heterocycles. The first kappa shape index (κ1) is 15.3. The second-order valence-corrected chi connectivity index (χ2v) is 7.74. The van der Waals surface area contributed by atoms with Gasteiger partial charge in [-0.2, -0.15) is 0 Å². The standard InChI is InChI=1S/C16H33N3/c1-13(18(6)14-7-8-14)9-10-17(5)15-11-19(12-15)16(2,3)4/h13-15H,7-12H2,1-6H3. The lowest BCUT2D eigenvalue weighted by Crippen LogP contribution is -2.64. The van der Waals surface area contributed by atoms with Crippen molar-refractivity contribution in [1.29, 1.82) is 0 Å². The Balaban J connectivity index is 1.64. The van der Waals surface area contributed by atoms with Crippen molar-refractivity contribution < 1.29 is 0 Å². The molecule has 0 spiro atoms. The zero-order valence-corrected chi connectivity index (χ0v) is 13.8. The molecule has 0 N–H and O–H groups in total. The molecule has 0 aromatic carbocycles. The first-order chi connectivity index (χ1) is 8.79. The Kier molecular flexibility index (Phi) is 4.59. The van der Waals surface area contributed by atoms with Crippen molar-refractivity contribution in [2.75, 3.05) is 33.7 Å². The fourth-order valence-corrected chi connectivity index (χ4v) is 2.90. The molecule has 0 radical (unpaired) electrons. The Bertz CT molecular complexity index is 287. The van der Waals surface area contributed by atoms with Crippen LogP contribution in [0.2, 0.25) is 0 Å². The highest BCUT2D eigenvalue weighted by Crippen LogP contribution is 2.28. The van der Waals surface area contributed by atoms with Gasteiger partial charge in [-0.15, -0.1) is 0 Å². The number of hydrogen-bond donors (Lipinski definition) is 0. The van der Waals surface area contributed by atoms with Crippen LogP contribution in [0.25, 0.3) is 0 Å². The van der Waals surface area contributed by atoms with Crippen LogP contribution in [-0.2, 0) is 0 Å². The van der Waals surface area contributed by atoms with Gasteiger partial charge >= 0.3 is 0 Å². The van der Waals surface area contributed by atoms with E-state index >= 15 is 0 Å². The van der Waals surface area contributed by atoms with Crippen molar-refractivity contribution in [2.45, 2.75) is 70.6 Å². The molecule has 2 aliphatic rings. The smallest absolute Gasteiger partial charge is 0.0347 e. The maximum absolute atomic E-state index is 2.58. The van der Waals surface area contributed by atoms with Gasteiger partial charge in [0.25, 0.3) is 0 Å². The summed E-state index contributed by atoms with van der Waals surface area (Å²) in [5.41, 5.74) is 0.344. The van der Waals surface area contributed by atoms with E-state index in [4.69, 9.17) is 0 Å². The summed E-state index contributed by atoms with van der Waals surface area (Å²) >= 11 is 0. The predicted octanol–water partition coefficient (Wildman–Crippen LogP) is 2.27. The van der Waals surface area contributed by atoms with E-state index in [2.05, 4.69) is 56.5 Å². The monoisotopic (exact) mass is 267 g/mol. The maximum Gasteiger partial charge on any atom is 0.0347 e. The molecule has 19 heavy (non-hydrogen) atoms. The summed E-state index contributed by atoms with van der Waals surface area (Å²) in [5.74, 6) is 0. The minimum absolute atomic E-state index is 0.344. The summed E-state index contributed by atoms with van der Waals surface area (Å²) in [5, 5.41) is 0. The lowest BCUT2D eigenvalue weighted by Gasteiger charge is -2.50. The van der Waals surface area contributed by atoms with E-state index in [0.717, 1.165) is 18.1 Å². The van der Waals surface area contributed by atoms with E-state index in [1.54, 1.807) is 0 Å². The van der Waals surface area contributed by atoms with Crippen molar-refractivity contribution >= 4 is 0 Å². The molecule has 1 aliphatic heterocycles. The molecule has 3 heteroatoms. The topological polar surface area (TPSA) is 9.72 Å². The SMILES string of the molecule is CC(CCN(C)C1CN(C(C)(C)C)C1)N(C)C1CC1. The molecular weight excluding hydrogens is 234 g/mol. The molecule has 1 aliphatic carbocycles. The van der Waals surface area contributed by atoms with Crippen molar-refractivity contribution in [3.63, 3.8) is 0 Å². The van der Waals surface area contributed by atoms with Gasteiger partial charge in [-0.3, -0.25) is 4.90 Å². The molecule has 1 saturated carbocycles. The highest BCUT2D eigenvalue weighted by atomic mass is 15.3. The molecule has 0 amide bonds. The maximum atomic E-state index is 2.58. The first-order valence-electron chi connectivity index (χ1n) is 7.96. The van der Waals surface area contributed by atoms with Crippen LogP contribution in [0, 0.1) is 0 Å². The van der Waals surface area contributed by atoms with Crippen molar-refractivity contribution in [2.24, 2.45) is 0 Å². The Labute approximate surface area is 119 Å². The van der Waals surface area contributed by atoms with Gasteiger partial charge in [0, 0.05) is 36.8 Å². The van der Waals surface area contributed by atoms with Gasteiger partial charge in [0.15, 0.2) is 0 Å². The van der Waals surface area contributed by atoms with E-state index in [9.17, 15) is 0 Å². The van der Waals surface area contributed by atoms with Crippen LogP contribution < -0.4 is 0 Å². The minimum Gasteiger partial charge on any atom is -0.301 e. The molecule has 112 valence electrons. The van der Waals surface area contributed by atoms with Gasteiger partial charge in [-0.1, -0.05) is 0 Å². The third-order valence-corrected chi connectivity index (χ3v) is 5.15. The highest BCUT2D eigenvalue weighted by molar-refractivity contribution is 4.93. The average molecular weight is 267 g/mol. The van der Waals surface area contributed by atoms with Crippen LogP contribution in [0.1, 0.15) is 47.0 Å². The predicted molar refractivity (Wildman–Crippen MR) is 82.6 cm³/mol. The minimum atomic E-state index is 0.344. The zero-order chi connectivity index (χ0) is 14.2. The van der Waals surface area contributed by atoms with E-state index in [1.807, 2.05) is 0 Å². The van der Waals surface area contributed by atoms with E-state index in [1.165, 1.54) is 38.9 Å². The number of nitrogens with zero attached hydrogens (tertiary/aromatic N) is 3. The second-order valence-electron chi connectivity index (χ2n) is 7.74. The van der Waals surface area contributed by atoms with Gasteiger partial charge in [-0.05, 0) is 67.6 Å². The third kappa shape index (κ3) is 3.93. The molecule has 1 atom stereocenters. The third-order valence-electron chi connectivity index (χ3n) is 5.15. The summed E-state index contributed by atoms with van der Waals surface area (Å²) in [6.45, 7) is 13.1. The van der Waals surface area contributed by atoms with Crippen molar-refractivity contribution in [3.8, 4) is 0 Å². The average Bonchev–Trinajstić information content (AvgIpc) is 3.04. The van der Waals surface area contributed by atoms with Crippen LogP contribution >= 0.6 is 0 Å². The molecule has 0 aromatic heterocycles. The summed E-state index contributed by atoms with van der Waals surface area (Å²) < 4.78 is 0. The molecule has 1 saturated heterocycles.